The molecule has 0 aliphatic carbocycles. The van der Waals surface area contributed by atoms with E-state index in [0.717, 1.165) is 18.4 Å². The Hall–Kier alpha value is -2.33. The number of piperidine rings is 1. The van der Waals surface area contributed by atoms with Crippen LogP contribution in [0.5, 0.6) is 0 Å². The van der Waals surface area contributed by atoms with Crippen LogP contribution in [-0.4, -0.2) is 29.8 Å². The maximum Gasteiger partial charge on any atom is 0.253 e. The summed E-state index contributed by atoms with van der Waals surface area (Å²) in [5.74, 6) is -0.0550. The number of hydrogen-bond donors (Lipinski definition) is 1. The molecule has 1 saturated heterocycles. The number of likely N-dealkylation sites (tertiary alicyclic amines) is 1. The number of benzene rings is 2. The van der Waals surface area contributed by atoms with E-state index in [2.05, 4.69) is 5.32 Å². The first kappa shape index (κ1) is 19.4. The Balaban J connectivity index is 1.64. The van der Waals surface area contributed by atoms with Crippen molar-refractivity contribution in [1.29, 1.82) is 0 Å². The van der Waals surface area contributed by atoms with Crippen molar-refractivity contribution in [1.82, 2.24) is 10.2 Å². The van der Waals surface area contributed by atoms with Gasteiger partial charge in [-0.2, -0.15) is 0 Å². The SMILES string of the molecule is Cc1ccc(CNC(=O)C2(C)CCCN(C(=O)c3ccc(Cl)cc3)C2)cc1. The number of nitrogens with zero attached hydrogens (tertiary/aromatic N) is 1. The number of hydrogen-bond acceptors (Lipinski definition) is 2. The van der Waals surface area contributed by atoms with Crippen LogP contribution in [0, 0.1) is 12.3 Å². The number of carbonyl (C=O) groups is 2. The summed E-state index contributed by atoms with van der Waals surface area (Å²) >= 11 is 5.91. The van der Waals surface area contributed by atoms with Crippen molar-refractivity contribution in [3.05, 3.63) is 70.2 Å². The van der Waals surface area contributed by atoms with Gasteiger partial charge in [0.05, 0.1) is 5.41 Å². The minimum Gasteiger partial charge on any atom is -0.351 e. The monoisotopic (exact) mass is 384 g/mol. The zero-order valence-electron chi connectivity index (χ0n) is 15.8. The van der Waals surface area contributed by atoms with Crippen molar-refractivity contribution < 1.29 is 9.59 Å². The van der Waals surface area contributed by atoms with E-state index in [1.54, 1.807) is 29.2 Å². The molecule has 5 heteroatoms. The zero-order valence-corrected chi connectivity index (χ0v) is 16.6. The van der Waals surface area contributed by atoms with E-state index in [9.17, 15) is 9.59 Å². The molecule has 142 valence electrons. The Morgan fingerprint density at radius 1 is 1.11 bits per heavy atom. The van der Waals surface area contributed by atoms with Gasteiger partial charge >= 0.3 is 0 Å². The average Bonchev–Trinajstić information content (AvgIpc) is 2.67. The molecule has 0 spiro atoms. The summed E-state index contributed by atoms with van der Waals surface area (Å²) in [7, 11) is 0. The van der Waals surface area contributed by atoms with Gasteiger partial charge in [0.2, 0.25) is 5.91 Å². The molecule has 1 atom stereocenters. The fourth-order valence-electron chi connectivity index (χ4n) is 3.47. The fourth-order valence-corrected chi connectivity index (χ4v) is 3.60. The lowest BCUT2D eigenvalue weighted by Gasteiger charge is -2.39. The van der Waals surface area contributed by atoms with Crippen molar-refractivity contribution in [2.45, 2.75) is 33.2 Å². The number of aryl methyl sites for hydroxylation is 1. The van der Waals surface area contributed by atoms with Crippen LogP contribution in [0.1, 0.15) is 41.3 Å². The molecular formula is C22H25ClN2O2. The largest absolute Gasteiger partial charge is 0.351 e. The normalized spacial score (nSPS) is 19.6. The van der Waals surface area contributed by atoms with Gasteiger partial charge in [-0.15, -0.1) is 0 Å². The van der Waals surface area contributed by atoms with E-state index in [-0.39, 0.29) is 11.8 Å². The molecule has 27 heavy (non-hydrogen) atoms. The summed E-state index contributed by atoms with van der Waals surface area (Å²) in [6.07, 6.45) is 1.59. The van der Waals surface area contributed by atoms with E-state index < -0.39 is 5.41 Å². The summed E-state index contributed by atoms with van der Waals surface area (Å²) in [6, 6.07) is 15.0. The Morgan fingerprint density at radius 2 is 1.78 bits per heavy atom. The van der Waals surface area contributed by atoms with Crippen LogP contribution in [0.15, 0.2) is 48.5 Å². The molecule has 0 bridgehead atoms. The maximum atomic E-state index is 12.8. The second kappa shape index (κ2) is 8.13. The molecule has 2 aromatic carbocycles. The Kier molecular flexibility index (Phi) is 5.85. The molecule has 2 amide bonds. The first-order valence-corrected chi connectivity index (χ1v) is 9.64. The first-order chi connectivity index (χ1) is 12.9. The predicted octanol–water partition coefficient (Wildman–Crippen LogP) is 4.21. The lowest BCUT2D eigenvalue weighted by molar-refractivity contribution is -0.132. The van der Waals surface area contributed by atoms with Crippen LogP contribution in [0.4, 0.5) is 0 Å². The molecule has 2 aromatic rings. The van der Waals surface area contributed by atoms with E-state index in [1.807, 2.05) is 38.1 Å². The highest BCUT2D eigenvalue weighted by molar-refractivity contribution is 6.30. The van der Waals surface area contributed by atoms with E-state index in [1.165, 1.54) is 5.56 Å². The highest BCUT2D eigenvalue weighted by atomic mass is 35.5. The third-order valence-corrected chi connectivity index (χ3v) is 5.45. The van der Waals surface area contributed by atoms with Crippen LogP contribution in [0.25, 0.3) is 0 Å². The number of nitrogens with one attached hydrogen (secondary N) is 1. The van der Waals surface area contributed by atoms with Gasteiger partial charge in [-0.1, -0.05) is 41.4 Å². The third kappa shape index (κ3) is 4.69. The fraction of sp³-hybridized carbons (Fsp3) is 0.364. The molecular weight excluding hydrogens is 360 g/mol. The molecule has 0 radical (unpaired) electrons. The van der Waals surface area contributed by atoms with Gasteiger partial charge < -0.3 is 10.2 Å². The zero-order chi connectivity index (χ0) is 19.4. The van der Waals surface area contributed by atoms with Gasteiger partial charge in [0, 0.05) is 30.2 Å². The quantitative estimate of drug-likeness (QED) is 0.858. The van der Waals surface area contributed by atoms with E-state index in [0.29, 0.717) is 30.2 Å². The molecule has 3 rings (SSSR count). The lowest BCUT2D eigenvalue weighted by atomic mass is 9.80. The molecule has 1 heterocycles. The van der Waals surface area contributed by atoms with Crippen LogP contribution >= 0.6 is 11.6 Å². The van der Waals surface area contributed by atoms with Gasteiger partial charge in [-0.05, 0) is 56.5 Å². The lowest BCUT2D eigenvalue weighted by Crippen LogP contribution is -2.51. The van der Waals surface area contributed by atoms with Crippen LogP contribution < -0.4 is 5.32 Å². The Morgan fingerprint density at radius 3 is 2.44 bits per heavy atom. The number of carbonyl (C=O) groups excluding carboxylic acids is 2. The minimum atomic E-state index is -0.578. The van der Waals surface area contributed by atoms with Crippen molar-refractivity contribution in [3.63, 3.8) is 0 Å². The summed E-state index contributed by atoms with van der Waals surface area (Å²) < 4.78 is 0. The molecule has 4 nitrogen and oxygen atoms in total. The highest BCUT2D eigenvalue weighted by Crippen LogP contribution is 2.30. The van der Waals surface area contributed by atoms with Gasteiger partial charge in [-0.3, -0.25) is 9.59 Å². The minimum absolute atomic E-state index is 0.00307. The molecule has 0 aromatic heterocycles. The molecule has 1 aliphatic rings. The van der Waals surface area contributed by atoms with E-state index in [4.69, 9.17) is 11.6 Å². The van der Waals surface area contributed by atoms with Crippen LogP contribution in [0.3, 0.4) is 0 Å². The van der Waals surface area contributed by atoms with Crippen molar-refractivity contribution in [2.75, 3.05) is 13.1 Å². The molecule has 1 unspecified atom stereocenters. The number of amides is 2. The summed E-state index contributed by atoms with van der Waals surface area (Å²) in [4.78, 5) is 27.4. The topological polar surface area (TPSA) is 49.4 Å². The predicted molar refractivity (Wildman–Crippen MR) is 108 cm³/mol. The molecule has 1 aliphatic heterocycles. The van der Waals surface area contributed by atoms with Crippen molar-refractivity contribution in [3.8, 4) is 0 Å². The molecule has 1 N–H and O–H groups in total. The molecule has 1 fully saturated rings. The second-order valence-electron chi connectivity index (χ2n) is 7.57. The van der Waals surface area contributed by atoms with Crippen LogP contribution in [0.2, 0.25) is 5.02 Å². The standard InChI is InChI=1S/C22H25ClN2O2/c1-16-4-6-17(7-5-16)14-24-21(27)22(2)12-3-13-25(15-22)20(26)18-8-10-19(23)11-9-18/h4-11H,3,12-15H2,1-2H3,(H,24,27). The van der Waals surface area contributed by atoms with Crippen molar-refractivity contribution >= 4 is 23.4 Å². The first-order valence-electron chi connectivity index (χ1n) is 9.26. The third-order valence-electron chi connectivity index (χ3n) is 5.20. The Bertz CT molecular complexity index is 817. The number of rotatable bonds is 4. The van der Waals surface area contributed by atoms with Crippen LogP contribution in [-0.2, 0) is 11.3 Å². The van der Waals surface area contributed by atoms with Crippen molar-refractivity contribution in [2.24, 2.45) is 5.41 Å². The highest BCUT2D eigenvalue weighted by Gasteiger charge is 2.39. The second-order valence-corrected chi connectivity index (χ2v) is 8.00. The summed E-state index contributed by atoms with van der Waals surface area (Å²) in [6.45, 7) is 5.58. The average molecular weight is 385 g/mol. The Labute approximate surface area is 165 Å². The smallest absolute Gasteiger partial charge is 0.253 e. The summed E-state index contributed by atoms with van der Waals surface area (Å²) in [5.41, 5.74) is 2.29. The maximum absolute atomic E-state index is 12.8. The van der Waals surface area contributed by atoms with E-state index >= 15 is 0 Å². The van der Waals surface area contributed by atoms with Gasteiger partial charge in [0.1, 0.15) is 0 Å². The van der Waals surface area contributed by atoms with Gasteiger partial charge in [0.25, 0.3) is 5.91 Å². The molecule has 0 saturated carbocycles. The number of halogens is 1. The summed E-state index contributed by atoms with van der Waals surface area (Å²) in [5, 5.41) is 3.64. The van der Waals surface area contributed by atoms with Gasteiger partial charge in [-0.25, -0.2) is 0 Å². The van der Waals surface area contributed by atoms with Gasteiger partial charge in [0.15, 0.2) is 0 Å².